The number of para-hydroxylation sites is 1. The molecule has 22 heavy (non-hydrogen) atoms. The molecule has 4 rings (SSSR count). The molecule has 3 heterocycles. The van der Waals surface area contributed by atoms with Gasteiger partial charge in [-0.15, -0.1) is 0 Å². The van der Waals surface area contributed by atoms with Crippen LogP contribution >= 0.6 is 12.2 Å². The lowest BCUT2D eigenvalue weighted by Gasteiger charge is -2.02. The first-order chi connectivity index (χ1) is 10.8. The SMILES string of the molecule is O=c1c2c3[n+](c(=S)[nH]c2[nH]n1-c1ccccc1)CCCCC3. The van der Waals surface area contributed by atoms with Crippen molar-refractivity contribution in [2.75, 3.05) is 0 Å². The fraction of sp³-hybridized carbons (Fsp3) is 0.312. The van der Waals surface area contributed by atoms with Crippen LogP contribution in [0.4, 0.5) is 0 Å². The van der Waals surface area contributed by atoms with Gasteiger partial charge in [-0.25, -0.2) is 14.2 Å². The minimum Gasteiger partial charge on any atom is -0.266 e. The maximum absolute atomic E-state index is 12.9. The largest absolute Gasteiger partial charge is 0.350 e. The number of nitrogens with one attached hydrogen (secondary N) is 2. The van der Waals surface area contributed by atoms with E-state index in [9.17, 15) is 4.79 Å². The summed E-state index contributed by atoms with van der Waals surface area (Å²) >= 11 is 5.47. The first-order valence-electron chi connectivity index (χ1n) is 7.61. The van der Waals surface area contributed by atoms with E-state index in [0.29, 0.717) is 10.4 Å². The van der Waals surface area contributed by atoms with Gasteiger partial charge in [-0.05, 0) is 31.4 Å². The maximum atomic E-state index is 12.9. The van der Waals surface area contributed by atoms with Crippen molar-refractivity contribution < 1.29 is 4.57 Å². The molecule has 0 amide bonds. The second kappa shape index (κ2) is 5.21. The zero-order chi connectivity index (χ0) is 15.1. The quantitative estimate of drug-likeness (QED) is 0.535. The molecular formula is C16H17N4OS+. The summed E-state index contributed by atoms with van der Waals surface area (Å²) in [6.07, 6.45) is 4.29. The Labute approximate surface area is 132 Å². The highest BCUT2D eigenvalue weighted by atomic mass is 32.1. The number of nitrogens with zero attached hydrogens (tertiary/aromatic N) is 2. The van der Waals surface area contributed by atoms with Crippen LogP contribution in [-0.4, -0.2) is 14.8 Å². The van der Waals surface area contributed by atoms with Gasteiger partial charge >= 0.3 is 4.77 Å². The number of hydrogen-bond donors (Lipinski definition) is 2. The van der Waals surface area contributed by atoms with Crippen molar-refractivity contribution in [1.29, 1.82) is 0 Å². The Balaban J connectivity index is 2.05. The molecule has 0 fully saturated rings. The number of hydrogen-bond acceptors (Lipinski definition) is 2. The van der Waals surface area contributed by atoms with E-state index in [1.165, 1.54) is 6.42 Å². The minimum atomic E-state index is -0.0156. The molecule has 0 atom stereocenters. The van der Waals surface area contributed by atoms with Crippen LogP contribution < -0.4 is 10.1 Å². The van der Waals surface area contributed by atoms with Gasteiger partial charge in [0.05, 0.1) is 12.2 Å². The van der Waals surface area contributed by atoms with Gasteiger partial charge in [0.15, 0.2) is 5.39 Å². The molecule has 1 aliphatic heterocycles. The summed E-state index contributed by atoms with van der Waals surface area (Å²) in [6.45, 7) is 0.885. The van der Waals surface area contributed by atoms with Crippen molar-refractivity contribution in [3.63, 3.8) is 0 Å². The lowest BCUT2D eigenvalue weighted by atomic mass is 10.1. The van der Waals surface area contributed by atoms with Crippen LogP contribution in [0.3, 0.4) is 0 Å². The van der Waals surface area contributed by atoms with Gasteiger partial charge < -0.3 is 0 Å². The number of benzene rings is 1. The van der Waals surface area contributed by atoms with Crippen molar-refractivity contribution in [1.82, 2.24) is 14.8 Å². The average molecular weight is 313 g/mol. The molecule has 5 nitrogen and oxygen atoms in total. The number of aromatic amines is 2. The standard InChI is InChI=1S/C16H16N4OS/c21-15-13-12-9-5-2-6-10-19(12)16(22)17-14(13)18-20(15)11-7-3-1-4-8-11/h1,3-4,7-8H,2,5-6,9-10H2,(H,17,18,22)/p+1. The summed E-state index contributed by atoms with van der Waals surface area (Å²) in [7, 11) is 0. The van der Waals surface area contributed by atoms with Gasteiger partial charge in [-0.1, -0.05) is 18.2 Å². The second-order valence-corrected chi connectivity index (χ2v) is 6.06. The Morgan fingerprint density at radius 1 is 1.14 bits per heavy atom. The zero-order valence-corrected chi connectivity index (χ0v) is 12.9. The number of aromatic nitrogens is 4. The van der Waals surface area contributed by atoms with Crippen LogP contribution in [0.1, 0.15) is 25.0 Å². The number of H-pyrrole nitrogens is 2. The van der Waals surface area contributed by atoms with Crippen molar-refractivity contribution in [3.8, 4) is 5.69 Å². The molecular weight excluding hydrogens is 296 g/mol. The Hall–Kier alpha value is -2.21. The van der Waals surface area contributed by atoms with Gasteiger partial charge in [-0.2, -0.15) is 0 Å². The lowest BCUT2D eigenvalue weighted by Crippen LogP contribution is -2.40. The third kappa shape index (κ3) is 2.02. The first kappa shape index (κ1) is 13.5. The number of fused-ring (bicyclic) bond motifs is 3. The molecule has 0 radical (unpaired) electrons. The molecule has 0 spiro atoms. The van der Waals surface area contributed by atoms with Crippen LogP contribution in [0, 0.1) is 4.77 Å². The summed E-state index contributed by atoms with van der Waals surface area (Å²) in [5, 5.41) is 3.90. The molecule has 0 aliphatic carbocycles. The van der Waals surface area contributed by atoms with E-state index in [2.05, 4.69) is 14.6 Å². The summed E-state index contributed by atoms with van der Waals surface area (Å²) in [5.74, 6) is 0. The van der Waals surface area contributed by atoms with Crippen LogP contribution in [0.25, 0.3) is 16.7 Å². The smallest absolute Gasteiger partial charge is 0.266 e. The lowest BCUT2D eigenvalue weighted by molar-refractivity contribution is -0.710. The van der Waals surface area contributed by atoms with Crippen LogP contribution in [0.15, 0.2) is 35.1 Å². The van der Waals surface area contributed by atoms with Gasteiger partial charge in [-0.3, -0.25) is 9.89 Å². The predicted molar refractivity (Wildman–Crippen MR) is 86.8 cm³/mol. The van der Waals surface area contributed by atoms with E-state index in [4.69, 9.17) is 12.2 Å². The average Bonchev–Trinajstić information content (AvgIpc) is 2.73. The molecule has 1 aromatic carbocycles. The predicted octanol–water partition coefficient (Wildman–Crippen LogP) is 2.39. The number of aryl methyl sites for hydroxylation is 1. The Bertz CT molecular complexity index is 952. The summed E-state index contributed by atoms with van der Waals surface area (Å²) < 4.78 is 4.36. The van der Waals surface area contributed by atoms with E-state index in [-0.39, 0.29) is 5.56 Å². The summed E-state index contributed by atoms with van der Waals surface area (Å²) in [5.41, 5.74) is 2.59. The summed E-state index contributed by atoms with van der Waals surface area (Å²) in [4.78, 5) is 16.1. The van der Waals surface area contributed by atoms with Gasteiger partial charge in [0.25, 0.3) is 5.56 Å². The van der Waals surface area contributed by atoms with Crippen molar-refractivity contribution in [2.24, 2.45) is 0 Å². The Morgan fingerprint density at radius 3 is 2.77 bits per heavy atom. The van der Waals surface area contributed by atoms with E-state index in [1.807, 2.05) is 30.3 Å². The molecule has 0 saturated heterocycles. The van der Waals surface area contributed by atoms with Crippen molar-refractivity contribution >= 4 is 23.3 Å². The monoisotopic (exact) mass is 313 g/mol. The van der Waals surface area contributed by atoms with Gasteiger partial charge in [0.2, 0.25) is 5.65 Å². The third-order valence-corrected chi connectivity index (χ3v) is 4.61. The third-order valence-electron chi connectivity index (χ3n) is 4.29. The molecule has 0 bridgehead atoms. The molecule has 6 heteroatoms. The van der Waals surface area contributed by atoms with Crippen molar-refractivity contribution in [3.05, 3.63) is 51.2 Å². The Morgan fingerprint density at radius 2 is 1.95 bits per heavy atom. The van der Waals surface area contributed by atoms with Crippen LogP contribution in [-0.2, 0) is 13.0 Å². The minimum absolute atomic E-state index is 0.0156. The zero-order valence-electron chi connectivity index (χ0n) is 12.1. The topological polar surface area (TPSA) is 57.5 Å². The molecule has 0 unspecified atom stereocenters. The fourth-order valence-electron chi connectivity index (χ4n) is 3.22. The second-order valence-electron chi connectivity index (χ2n) is 5.68. The van der Waals surface area contributed by atoms with Gasteiger partial charge in [0.1, 0.15) is 5.69 Å². The van der Waals surface area contributed by atoms with E-state index >= 15 is 0 Å². The normalized spacial score (nSPS) is 14.7. The van der Waals surface area contributed by atoms with Crippen LogP contribution in [0.5, 0.6) is 0 Å². The highest BCUT2D eigenvalue weighted by Crippen LogP contribution is 2.16. The van der Waals surface area contributed by atoms with E-state index < -0.39 is 0 Å². The molecule has 2 aromatic heterocycles. The highest BCUT2D eigenvalue weighted by Gasteiger charge is 2.23. The number of rotatable bonds is 1. The Kier molecular flexibility index (Phi) is 3.18. The van der Waals surface area contributed by atoms with Crippen molar-refractivity contribution in [2.45, 2.75) is 32.2 Å². The molecule has 3 aromatic rings. The summed E-state index contributed by atoms with van der Waals surface area (Å²) in [6, 6.07) is 9.61. The van der Waals surface area contributed by atoms with E-state index in [0.717, 1.165) is 42.6 Å². The molecule has 0 saturated carbocycles. The molecule has 112 valence electrons. The first-order valence-corrected chi connectivity index (χ1v) is 8.01. The van der Waals surface area contributed by atoms with Crippen LogP contribution in [0.2, 0.25) is 0 Å². The molecule has 2 N–H and O–H groups in total. The maximum Gasteiger partial charge on any atom is 0.350 e. The fourth-order valence-corrected chi connectivity index (χ4v) is 3.53. The van der Waals surface area contributed by atoms with Gasteiger partial charge in [0, 0.05) is 18.6 Å². The molecule has 1 aliphatic rings. The van der Waals surface area contributed by atoms with E-state index in [1.54, 1.807) is 4.68 Å². The highest BCUT2D eigenvalue weighted by molar-refractivity contribution is 7.71.